The molecule has 7 aromatic rings. The number of aryl methyl sites for hydroxylation is 2. The molecule has 8 rings (SSSR count). The van der Waals surface area contributed by atoms with E-state index in [1.54, 1.807) is 0 Å². The van der Waals surface area contributed by atoms with Crippen molar-refractivity contribution in [2.75, 3.05) is 0 Å². The number of nitrogens with zero attached hydrogens (tertiary/aromatic N) is 4. The van der Waals surface area contributed by atoms with Gasteiger partial charge < -0.3 is 9.30 Å². The number of para-hydroxylation sites is 1. The first-order chi connectivity index (χ1) is 24.7. The van der Waals surface area contributed by atoms with Gasteiger partial charge in [-0.15, -0.1) is 41.3 Å². The molecule has 52 heavy (non-hydrogen) atoms. The Kier molecular flexibility index (Phi) is 9.85. The summed E-state index contributed by atoms with van der Waals surface area (Å²) in [6.45, 7) is 15.6. The van der Waals surface area contributed by atoms with E-state index >= 15 is 0 Å². The number of benzene rings is 4. The molecule has 0 N–H and O–H groups in total. The van der Waals surface area contributed by atoms with Crippen molar-refractivity contribution in [2.24, 2.45) is 5.92 Å². The maximum Gasteiger partial charge on any atom is 2.00 e. The van der Waals surface area contributed by atoms with Crippen molar-refractivity contribution in [1.82, 2.24) is 19.3 Å². The number of fused-ring (bicyclic) bond motifs is 3. The minimum Gasteiger partial charge on any atom is -0.509 e. The molecule has 264 valence electrons. The van der Waals surface area contributed by atoms with E-state index in [9.17, 15) is 0 Å². The Hall–Kier alpha value is -4.73. The molecule has 1 aliphatic carbocycles. The number of rotatable bonds is 7. The Balaban J connectivity index is 0.00000420. The SMILES string of the molecule is CC1=C[C@H](c2ccccc2)C[C@H](C)C1c1c(C)nn(-c2[c-]c(Oc3[c-]c4c(cc3)c3ccccc3n4-c3cc(C)ccn3)cc(C(C)C)c2)c1C.[Pt+2]. The summed E-state index contributed by atoms with van der Waals surface area (Å²) < 4.78 is 10.9. The van der Waals surface area contributed by atoms with Gasteiger partial charge in [-0.3, -0.25) is 4.68 Å². The van der Waals surface area contributed by atoms with Gasteiger partial charge in [0.1, 0.15) is 5.82 Å². The van der Waals surface area contributed by atoms with Crippen LogP contribution in [-0.4, -0.2) is 19.3 Å². The summed E-state index contributed by atoms with van der Waals surface area (Å²) in [4.78, 5) is 4.73. The molecular formula is C46H44N4OPt. The summed E-state index contributed by atoms with van der Waals surface area (Å²) in [6, 6.07) is 39.1. The van der Waals surface area contributed by atoms with Crippen LogP contribution in [0.4, 0.5) is 0 Å². The molecule has 0 fully saturated rings. The van der Waals surface area contributed by atoms with Crippen molar-refractivity contribution in [2.45, 2.75) is 72.6 Å². The summed E-state index contributed by atoms with van der Waals surface area (Å²) >= 11 is 0. The average Bonchev–Trinajstić information content (AvgIpc) is 3.61. The quantitative estimate of drug-likeness (QED) is 0.118. The molecule has 5 nitrogen and oxygen atoms in total. The summed E-state index contributed by atoms with van der Waals surface area (Å²) in [5.74, 6) is 3.66. The third-order valence-electron chi connectivity index (χ3n) is 10.7. The molecule has 3 atom stereocenters. The van der Waals surface area contributed by atoms with Crippen LogP contribution in [0.25, 0.3) is 33.3 Å². The second kappa shape index (κ2) is 14.4. The Morgan fingerprint density at radius 2 is 1.60 bits per heavy atom. The fraction of sp³-hybridized carbons (Fsp3) is 0.261. The zero-order valence-corrected chi connectivity index (χ0v) is 33.1. The molecule has 0 radical (unpaired) electrons. The van der Waals surface area contributed by atoms with Crippen LogP contribution in [0.1, 0.15) is 85.5 Å². The zero-order valence-electron chi connectivity index (χ0n) is 30.8. The fourth-order valence-electron chi connectivity index (χ4n) is 8.24. The summed E-state index contributed by atoms with van der Waals surface area (Å²) in [6.07, 6.45) is 5.45. The Bertz CT molecular complexity index is 2440. The number of hydrogen-bond acceptors (Lipinski definition) is 3. The Morgan fingerprint density at radius 3 is 2.35 bits per heavy atom. The molecule has 1 aliphatic rings. The molecule has 0 amide bonds. The number of aromatic nitrogens is 4. The molecule has 0 spiro atoms. The fourth-order valence-corrected chi connectivity index (χ4v) is 8.24. The Morgan fingerprint density at radius 1 is 0.827 bits per heavy atom. The van der Waals surface area contributed by atoms with Crippen LogP contribution in [0, 0.1) is 38.8 Å². The third-order valence-corrected chi connectivity index (χ3v) is 10.7. The van der Waals surface area contributed by atoms with Crippen LogP contribution in [0.2, 0.25) is 0 Å². The molecule has 0 bridgehead atoms. The minimum atomic E-state index is 0. The van der Waals surface area contributed by atoms with Gasteiger partial charge in [-0.05, 0) is 86.4 Å². The van der Waals surface area contributed by atoms with Crippen LogP contribution in [0.15, 0.2) is 109 Å². The molecule has 0 aliphatic heterocycles. The van der Waals surface area contributed by atoms with Crippen LogP contribution in [0.3, 0.4) is 0 Å². The van der Waals surface area contributed by atoms with E-state index in [0.717, 1.165) is 56.7 Å². The summed E-state index contributed by atoms with van der Waals surface area (Å²) in [5, 5.41) is 7.41. The van der Waals surface area contributed by atoms with Crippen LogP contribution in [-0.2, 0) is 21.1 Å². The van der Waals surface area contributed by atoms with Crippen molar-refractivity contribution in [3.8, 4) is 23.0 Å². The van der Waals surface area contributed by atoms with Gasteiger partial charge in [0.2, 0.25) is 0 Å². The molecule has 0 saturated carbocycles. The zero-order chi connectivity index (χ0) is 35.4. The van der Waals surface area contributed by atoms with E-state index in [2.05, 4.69) is 155 Å². The second-order valence-electron chi connectivity index (χ2n) is 14.7. The molecule has 0 saturated heterocycles. The molecule has 6 heteroatoms. The molecule has 4 aromatic carbocycles. The maximum atomic E-state index is 6.64. The van der Waals surface area contributed by atoms with Gasteiger partial charge in [0.05, 0.1) is 5.69 Å². The predicted molar refractivity (Wildman–Crippen MR) is 208 cm³/mol. The largest absolute Gasteiger partial charge is 2.00 e. The predicted octanol–water partition coefficient (Wildman–Crippen LogP) is 11.7. The molecule has 3 heterocycles. The van der Waals surface area contributed by atoms with E-state index in [0.29, 0.717) is 29.3 Å². The van der Waals surface area contributed by atoms with Gasteiger partial charge >= 0.3 is 21.1 Å². The number of hydrogen-bond donors (Lipinski definition) is 0. The van der Waals surface area contributed by atoms with Crippen LogP contribution in [0.5, 0.6) is 11.5 Å². The first-order valence-corrected chi connectivity index (χ1v) is 18.1. The minimum absolute atomic E-state index is 0. The second-order valence-corrected chi connectivity index (χ2v) is 14.7. The Labute approximate surface area is 321 Å². The smallest absolute Gasteiger partial charge is 0.509 e. The van der Waals surface area contributed by atoms with E-state index in [1.807, 2.05) is 18.3 Å². The normalized spacial score (nSPS) is 17.4. The topological polar surface area (TPSA) is 44.9 Å². The summed E-state index contributed by atoms with van der Waals surface area (Å²) in [7, 11) is 0. The van der Waals surface area contributed by atoms with Crippen LogP contribution >= 0.6 is 0 Å². The van der Waals surface area contributed by atoms with Crippen molar-refractivity contribution in [1.29, 1.82) is 0 Å². The summed E-state index contributed by atoms with van der Waals surface area (Å²) in [5.41, 5.74) is 11.6. The molecule has 3 aromatic heterocycles. The van der Waals surface area contributed by atoms with E-state index in [1.165, 1.54) is 22.3 Å². The van der Waals surface area contributed by atoms with E-state index in [-0.39, 0.29) is 27.0 Å². The van der Waals surface area contributed by atoms with Gasteiger partial charge in [0.25, 0.3) is 0 Å². The molecule has 1 unspecified atom stereocenters. The molecular weight excluding hydrogens is 820 g/mol. The van der Waals surface area contributed by atoms with Crippen molar-refractivity contribution in [3.05, 3.63) is 155 Å². The van der Waals surface area contributed by atoms with Gasteiger partial charge in [-0.2, -0.15) is 11.2 Å². The van der Waals surface area contributed by atoms with Gasteiger partial charge in [0.15, 0.2) is 0 Å². The van der Waals surface area contributed by atoms with Crippen molar-refractivity contribution < 1.29 is 25.8 Å². The van der Waals surface area contributed by atoms with E-state index < -0.39 is 0 Å². The maximum absolute atomic E-state index is 6.64. The van der Waals surface area contributed by atoms with E-state index in [4.69, 9.17) is 14.8 Å². The van der Waals surface area contributed by atoms with Gasteiger partial charge in [0, 0.05) is 46.3 Å². The first-order valence-electron chi connectivity index (χ1n) is 18.1. The average molecular weight is 864 g/mol. The number of ether oxygens (including phenoxy) is 1. The first kappa shape index (κ1) is 35.7. The van der Waals surface area contributed by atoms with Crippen molar-refractivity contribution >= 4 is 21.8 Å². The number of allylic oxidation sites excluding steroid dienone is 2. The third kappa shape index (κ3) is 6.45. The monoisotopic (exact) mass is 863 g/mol. The van der Waals surface area contributed by atoms with Gasteiger partial charge in [-0.1, -0.05) is 86.5 Å². The van der Waals surface area contributed by atoms with Gasteiger partial charge in [-0.25, -0.2) is 4.98 Å². The van der Waals surface area contributed by atoms with Crippen LogP contribution < -0.4 is 4.74 Å². The van der Waals surface area contributed by atoms with Crippen molar-refractivity contribution in [3.63, 3.8) is 0 Å². The number of pyridine rings is 1. The standard InChI is InChI=1S/C46H44N4O.Pt/c1-28(2)35-24-37(50-33(7)46(32(6)48-50)45-30(4)22-36(23-31(45)5)34-13-9-8-10-14-34)26-39(25-35)51-38-17-18-41-40-15-11-12-16-42(40)49(43(41)27-38)44-21-29(3)19-20-47-44;/h8-22,24-25,28,31,36,45H,23H2,1-7H3;/q-2;+2/t31-,36-,45?;/m0./s1.